The van der Waals surface area contributed by atoms with E-state index in [9.17, 15) is 4.79 Å². The summed E-state index contributed by atoms with van der Waals surface area (Å²) in [6.07, 6.45) is 0.791. The number of esters is 1. The molecule has 154 valence electrons. The number of ether oxygens (including phenoxy) is 2. The first-order valence-electron chi connectivity index (χ1n) is 10.1. The van der Waals surface area contributed by atoms with Crippen LogP contribution in [0.25, 0.3) is 0 Å². The third-order valence-electron chi connectivity index (χ3n) is 5.68. The summed E-state index contributed by atoms with van der Waals surface area (Å²) in [5.41, 5.74) is 3.03. The van der Waals surface area contributed by atoms with Crippen LogP contribution < -0.4 is 4.74 Å². The van der Waals surface area contributed by atoms with Gasteiger partial charge in [0, 0.05) is 30.8 Å². The third-order valence-corrected chi connectivity index (χ3v) is 5.68. The molecule has 0 spiro atoms. The maximum Gasteiger partial charge on any atom is 0.318 e. The summed E-state index contributed by atoms with van der Waals surface area (Å²) in [5.74, 6) is 0.814. The van der Waals surface area contributed by atoms with Gasteiger partial charge in [-0.2, -0.15) is 0 Å². The maximum atomic E-state index is 13.2. The van der Waals surface area contributed by atoms with E-state index in [1.54, 1.807) is 0 Å². The fourth-order valence-corrected chi connectivity index (χ4v) is 4.27. The van der Waals surface area contributed by atoms with Crippen LogP contribution in [0.2, 0.25) is 0 Å². The first kappa shape index (κ1) is 20.5. The molecule has 3 aromatic rings. The van der Waals surface area contributed by atoms with Gasteiger partial charge in [-0.25, -0.2) is 0 Å². The second-order valence-electron chi connectivity index (χ2n) is 7.68. The van der Waals surface area contributed by atoms with Gasteiger partial charge in [-0.05, 0) is 24.1 Å². The first-order chi connectivity index (χ1) is 14.3. The van der Waals surface area contributed by atoms with E-state index in [0.717, 1.165) is 48.7 Å². The minimum atomic E-state index is -0.445. The lowest BCUT2D eigenvalue weighted by Crippen LogP contribution is -2.28. The molecule has 2 heterocycles. The highest BCUT2D eigenvalue weighted by atomic mass is 35.5. The number of carbonyl (C=O) groups excluding carboxylic acids is 1. The maximum absolute atomic E-state index is 13.2. The van der Waals surface area contributed by atoms with Crippen LogP contribution in [0.3, 0.4) is 0 Å². The topological polar surface area (TPSA) is 38.8 Å². The summed E-state index contributed by atoms with van der Waals surface area (Å²) >= 11 is 0. The van der Waals surface area contributed by atoms with E-state index in [-0.39, 0.29) is 24.5 Å². The van der Waals surface area contributed by atoms with Crippen molar-refractivity contribution in [1.29, 1.82) is 0 Å². The van der Waals surface area contributed by atoms with Gasteiger partial charge in [0.25, 0.3) is 0 Å². The fraction of sp³-hybridized carbons (Fsp3) is 0.240. The molecule has 30 heavy (non-hydrogen) atoms. The van der Waals surface area contributed by atoms with Crippen molar-refractivity contribution in [2.24, 2.45) is 0 Å². The van der Waals surface area contributed by atoms with Crippen molar-refractivity contribution in [1.82, 2.24) is 4.90 Å². The standard InChI is InChI=1S/C25H23NO3.ClH/c27-25(28-19-14-15-26(17-19)16-18-8-2-1-3-9-18)24-20-10-4-6-12-22(20)29-23-13-7-5-11-21(23)24;/h1-13,19,24H,14-17H2;1H. The van der Waals surface area contributed by atoms with Crippen LogP contribution in [0.1, 0.15) is 29.0 Å². The molecule has 0 aliphatic carbocycles. The summed E-state index contributed by atoms with van der Waals surface area (Å²) in [7, 11) is 0. The Hall–Kier alpha value is -2.82. The van der Waals surface area contributed by atoms with Crippen molar-refractivity contribution in [3.8, 4) is 11.5 Å². The zero-order chi connectivity index (χ0) is 19.6. The number of benzene rings is 3. The average Bonchev–Trinajstić information content (AvgIpc) is 3.19. The Balaban J connectivity index is 0.00000218. The molecule has 1 atom stereocenters. The minimum absolute atomic E-state index is 0. The van der Waals surface area contributed by atoms with Crippen molar-refractivity contribution in [3.05, 3.63) is 95.6 Å². The number of carbonyl (C=O) groups is 1. The largest absolute Gasteiger partial charge is 0.460 e. The summed E-state index contributed by atoms with van der Waals surface area (Å²) in [6, 6.07) is 25.9. The molecule has 1 fully saturated rings. The second kappa shape index (κ2) is 8.90. The van der Waals surface area contributed by atoms with Crippen molar-refractivity contribution in [2.45, 2.75) is 25.0 Å². The molecule has 0 amide bonds. The van der Waals surface area contributed by atoms with E-state index in [0.29, 0.717) is 0 Å². The van der Waals surface area contributed by atoms with Gasteiger partial charge >= 0.3 is 5.97 Å². The van der Waals surface area contributed by atoms with Gasteiger partial charge in [-0.15, -0.1) is 12.4 Å². The van der Waals surface area contributed by atoms with Crippen LogP contribution in [0.4, 0.5) is 0 Å². The van der Waals surface area contributed by atoms with Crippen LogP contribution in [-0.2, 0) is 16.1 Å². The molecule has 0 aromatic heterocycles. The first-order valence-corrected chi connectivity index (χ1v) is 10.1. The number of hydrogen-bond donors (Lipinski definition) is 0. The number of halogens is 1. The molecule has 1 unspecified atom stereocenters. The Morgan fingerprint density at radius 3 is 2.17 bits per heavy atom. The third kappa shape index (κ3) is 4.07. The Labute approximate surface area is 182 Å². The molecule has 2 aliphatic rings. The van der Waals surface area contributed by atoms with Crippen molar-refractivity contribution in [2.75, 3.05) is 13.1 Å². The van der Waals surface area contributed by atoms with Crippen molar-refractivity contribution in [3.63, 3.8) is 0 Å². The Bertz CT molecular complexity index is 978. The van der Waals surface area contributed by atoms with E-state index in [4.69, 9.17) is 9.47 Å². The van der Waals surface area contributed by atoms with Gasteiger partial charge in [-0.1, -0.05) is 66.7 Å². The van der Waals surface area contributed by atoms with Crippen LogP contribution in [0, 0.1) is 0 Å². The molecule has 1 saturated heterocycles. The Morgan fingerprint density at radius 2 is 1.50 bits per heavy atom. The molecular formula is C25H24ClNO3. The lowest BCUT2D eigenvalue weighted by molar-refractivity contribution is -0.149. The van der Waals surface area contributed by atoms with E-state index >= 15 is 0 Å². The number of para-hydroxylation sites is 2. The van der Waals surface area contributed by atoms with Crippen molar-refractivity contribution >= 4 is 18.4 Å². The molecular weight excluding hydrogens is 398 g/mol. The zero-order valence-electron chi connectivity index (χ0n) is 16.6. The van der Waals surface area contributed by atoms with Crippen LogP contribution in [0.15, 0.2) is 78.9 Å². The number of rotatable bonds is 4. The summed E-state index contributed by atoms with van der Waals surface area (Å²) < 4.78 is 12.0. The Kier molecular flexibility index (Phi) is 6.07. The van der Waals surface area contributed by atoms with Crippen LogP contribution in [0.5, 0.6) is 11.5 Å². The normalized spacial score (nSPS) is 17.9. The lowest BCUT2D eigenvalue weighted by Gasteiger charge is -2.27. The van der Waals surface area contributed by atoms with E-state index < -0.39 is 5.92 Å². The summed E-state index contributed by atoms with van der Waals surface area (Å²) in [5, 5.41) is 0. The Morgan fingerprint density at radius 1 is 0.900 bits per heavy atom. The molecule has 0 N–H and O–H groups in total. The highest BCUT2D eigenvalue weighted by Gasteiger charge is 2.36. The average molecular weight is 422 g/mol. The van der Waals surface area contributed by atoms with E-state index in [1.807, 2.05) is 54.6 Å². The summed E-state index contributed by atoms with van der Waals surface area (Å²) in [4.78, 5) is 15.6. The van der Waals surface area contributed by atoms with E-state index in [1.165, 1.54) is 5.56 Å². The van der Waals surface area contributed by atoms with Gasteiger partial charge in [-0.3, -0.25) is 9.69 Å². The smallest absolute Gasteiger partial charge is 0.318 e. The summed E-state index contributed by atoms with van der Waals surface area (Å²) in [6.45, 7) is 2.60. The molecule has 0 saturated carbocycles. The highest BCUT2D eigenvalue weighted by molar-refractivity contribution is 5.86. The number of hydrogen-bond acceptors (Lipinski definition) is 4. The molecule has 4 nitrogen and oxygen atoms in total. The molecule has 0 bridgehead atoms. The molecule has 0 radical (unpaired) electrons. The van der Waals surface area contributed by atoms with Crippen molar-refractivity contribution < 1.29 is 14.3 Å². The molecule has 5 heteroatoms. The predicted octanol–water partition coefficient (Wildman–Crippen LogP) is 5.16. The van der Waals surface area contributed by atoms with Gasteiger partial charge in [0.1, 0.15) is 23.5 Å². The molecule has 5 rings (SSSR count). The predicted molar refractivity (Wildman–Crippen MR) is 118 cm³/mol. The fourth-order valence-electron chi connectivity index (χ4n) is 4.27. The van der Waals surface area contributed by atoms with Gasteiger partial charge in [0.2, 0.25) is 0 Å². The van der Waals surface area contributed by atoms with E-state index in [2.05, 4.69) is 29.2 Å². The van der Waals surface area contributed by atoms with Gasteiger partial charge < -0.3 is 9.47 Å². The zero-order valence-corrected chi connectivity index (χ0v) is 17.4. The monoisotopic (exact) mass is 421 g/mol. The SMILES string of the molecule is Cl.O=C(OC1CCN(Cc2ccccc2)C1)C1c2ccccc2Oc2ccccc21. The van der Waals surface area contributed by atoms with Gasteiger partial charge in [0.05, 0.1) is 0 Å². The number of fused-ring (bicyclic) bond motifs is 2. The number of likely N-dealkylation sites (tertiary alicyclic amines) is 1. The quantitative estimate of drug-likeness (QED) is 0.545. The minimum Gasteiger partial charge on any atom is -0.460 e. The lowest BCUT2D eigenvalue weighted by atomic mass is 9.88. The van der Waals surface area contributed by atoms with Crippen LogP contribution in [-0.4, -0.2) is 30.1 Å². The molecule has 3 aromatic carbocycles. The van der Waals surface area contributed by atoms with Crippen LogP contribution >= 0.6 is 12.4 Å². The highest BCUT2D eigenvalue weighted by Crippen LogP contribution is 2.44. The second-order valence-corrected chi connectivity index (χ2v) is 7.68. The number of nitrogens with zero attached hydrogens (tertiary/aromatic N) is 1. The van der Waals surface area contributed by atoms with Gasteiger partial charge in [0.15, 0.2) is 0 Å². The molecule has 2 aliphatic heterocycles.